The molecule has 11 nitrogen and oxygen atoms in total. The first-order chi connectivity index (χ1) is 13.4. The topological polar surface area (TPSA) is 137 Å². The molecule has 28 heavy (non-hydrogen) atoms. The average molecular weight is 407 g/mol. The number of hydrogen-bond acceptors (Lipinski definition) is 9. The summed E-state index contributed by atoms with van der Waals surface area (Å²) in [5, 5.41) is 22.2. The fourth-order valence-electron chi connectivity index (χ4n) is 2.64. The van der Waals surface area contributed by atoms with Crippen LogP contribution >= 0.6 is 11.3 Å². The number of non-ortho nitro benzene ring substituents is 1. The van der Waals surface area contributed by atoms with Gasteiger partial charge in [-0.1, -0.05) is 18.3 Å². The minimum Gasteiger partial charge on any atom is -0.478 e. The number of ether oxygens (including phenoxy) is 2. The predicted octanol–water partition coefficient (Wildman–Crippen LogP) is 1.74. The van der Waals surface area contributed by atoms with Crippen molar-refractivity contribution in [3.63, 3.8) is 0 Å². The van der Waals surface area contributed by atoms with Crippen LogP contribution in [0.4, 0.5) is 16.5 Å². The van der Waals surface area contributed by atoms with Crippen molar-refractivity contribution in [3.8, 4) is 5.75 Å². The molecule has 2 aromatic rings. The van der Waals surface area contributed by atoms with Crippen molar-refractivity contribution in [1.29, 1.82) is 0 Å². The zero-order valence-corrected chi connectivity index (χ0v) is 15.9. The highest BCUT2D eigenvalue weighted by Crippen LogP contribution is 2.37. The van der Waals surface area contributed by atoms with Gasteiger partial charge in [0.05, 0.1) is 10.6 Å². The Morgan fingerprint density at radius 2 is 2.25 bits per heavy atom. The average Bonchev–Trinajstić information content (AvgIpc) is 3.10. The molecule has 1 N–H and O–H groups in total. The fraction of sp³-hybridized carbons (Fsp3) is 0.375. The number of fused-ring (bicyclic) bond motifs is 1. The number of nitrogens with one attached hydrogen (secondary N) is 1. The summed E-state index contributed by atoms with van der Waals surface area (Å²) in [5.41, 5.74) is -0.0276. The largest absolute Gasteiger partial charge is 0.478 e. The Morgan fingerprint density at radius 1 is 1.46 bits per heavy atom. The van der Waals surface area contributed by atoms with Crippen LogP contribution < -0.4 is 15.0 Å². The maximum Gasteiger partial charge on any atom is 0.271 e. The van der Waals surface area contributed by atoms with E-state index < -0.39 is 22.8 Å². The Morgan fingerprint density at radius 3 is 2.93 bits per heavy atom. The van der Waals surface area contributed by atoms with Crippen molar-refractivity contribution < 1.29 is 24.0 Å². The molecule has 0 fully saturated rings. The third kappa shape index (κ3) is 4.07. The highest BCUT2D eigenvalue weighted by atomic mass is 32.1. The number of carbonyl (C=O) groups is 2. The number of hydrogen-bond donors (Lipinski definition) is 1. The van der Waals surface area contributed by atoms with Crippen molar-refractivity contribution in [2.45, 2.75) is 26.1 Å². The number of amides is 2. The van der Waals surface area contributed by atoms with Crippen LogP contribution in [-0.2, 0) is 20.9 Å². The molecule has 0 bridgehead atoms. The van der Waals surface area contributed by atoms with Crippen molar-refractivity contribution >= 4 is 39.7 Å². The van der Waals surface area contributed by atoms with E-state index in [1.54, 1.807) is 6.92 Å². The van der Waals surface area contributed by atoms with Gasteiger partial charge >= 0.3 is 0 Å². The maximum atomic E-state index is 12.7. The van der Waals surface area contributed by atoms with Crippen molar-refractivity contribution in [2.75, 3.05) is 23.9 Å². The van der Waals surface area contributed by atoms with E-state index in [9.17, 15) is 19.7 Å². The first kappa shape index (κ1) is 19.6. The van der Waals surface area contributed by atoms with Crippen molar-refractivity contribution in [1.82, 2.24) is 10.2 Å². The molecule has 3 rings (SSSR count). The number of rotatable bonds is 7. The normalized spacial score (nSPS) is 15.7. The van der Waals surface area contributed by atoms with Crippen LogP contribution in [0.15, 0.2) is 18.2 Å². The van der Waals surface area contributed by atoms with E-state index in [0.29, 0.717) is 17.2 Å². The van der Waals surface area contributed by atoms with Crippen LogP contribution in [0.25, 0.3) is 0 Å². The molecule has 0 aliphatic carbocycles. The highest BCUT2D eigenvalue weighted by Gasteiger charge is 2.35. The second-order valence-corrected chi connectivity index (χ2v) is 6.89. The van der Waals surface area contributed by atoms with Gasteiger partial charge in [-0.05, 0) is 12.5 Å². The molecule has 2 heterocycles. The summed E-state index contributed by atoms with van der Waals surface area (Å²) < 4.78 is 10.6. The summed E-state index contributed by atoms with van der Waals surface area (Å²) >= 11 is 1.15. The third-order valence-electron chi connectivity index (χ3n) is 3.91. The molecule has 0 radical (unpaired) electrons. The molecular formula is C16H17N5O6S. The van der Waals surface area contributed by atoms with Crippen LogP contribution in [0.2, 0.25) is 0 Å². The third-order valence-corrected chi connectivity index (χ3v) is 4.72. The van der Waals surface area contributed by atoms with Gasteiger partial charge in [-0.2, -0.15) is 0 Å². The Kier molecular flexibility index (Phi) is 5.80. The first-order valence-electron chi connectivity index (χ1n) is 8.30. The zero-order valence-electron chi connectivity index (χ0n) is 15.1. The Balaban J connectivity index is 1.82. The van der Waals surface area contributed by atoms with Gasteiger partial charge in [0.2, 0.25) is 11.0 Å². The minimum absolute atomic E-state index is 0.177. The molecule has 1 aliphatic rings. The molecule has 1 aromatic carbocycles. The van der Waals surface area contributed by atoms with E-state index >= 15 is 0 Å². The molecule has 148 valence electrons. The molecule has 1 atom stereocenters. The number of nitro benzene ring substituents is 1. The standard InChI is InChI=1S/C16H17N5O6S/c1-3-11-15(23)20(10-6-9(21(24)25)4-5-12(10)27-11)7-13(22)17-16-19-18-14(28-16)8-26-2/h4-6,11H,3,7-8H2,1-2H3,(H,17,19,22). The van der Waals surface area contributed by atoms with Gasteiger partial charge in [0, 0.05) is 19.2 Å². The second kappa shape index (κ2) is 8.27. The molecule has 1 aliphatic heterocycles. The van der Waals surface area contributed by atoms with E-state index in [2.05, 4.69) is 15.5 Å². The Hall–Kier alpha value is -3.12. The molecule has 2 amide bonds. The van der Waals surface area contributed by atoms with Crippen LogP contribution in [0.5, 0.6) is 5.75 Å². The number of carbonyl (C=O) groups excluding carboxylic acids is 2. The number of nitrogens with zero attached hydrogens (tertiary/aromatic N) is 4. The molecular weight excluding hydrogens is 390 g/mol. The Bertz CT molecular complexity index is 917. The summed E-state index contributed by atoms with van der Waals surface area (Å²) in [4.78, 5) is 36.8. The van der Waals surface area contributed by atoms with Gasteiger partial charge in [0.15, 0.2) is 6.10 Å². The van der Waals surface area contributed by atoms with Gasteiger partial charge in [0.25, 0.3) is 11.6 Å². The number of benzene rings is 1. The van der Waals surface area contributed by atoms with Crippen LogP contribution in [-0.4, -0.2) is 46.7 Å². The quantitative estimate of drug-likeness (QED) is 0.541. The number of aromatic nitrogens is 2. The van der Waals surface area contributed by atoms with Crippen LogP contribution in [0, 0.1) is 10.1 Å². The lowest BCUT2D eigenvalue weighted by molar-refractivity contribution is -0.384. The monoisotopic (exact) mass is 407 g/mol. The molecule has 0 saturated carbocycles. The smallest absolute Gasteiger partial charge is 0.271 e. The van der Waals surface area contributed by atoms with Gasteiger partial charge in [-0.25, -0.2) is 0 Å². The molecule has 12 heteroatoms. The summed E-state index contributed by atoms with van der Waals surface area (Å²) in [6.07, 6.45) is -0.374. The van der Waals surface area contributed by atoms with Crippen LogP contribution in [0.1, 0.15) is 18.4 Å². The SMILES string of the molecule is CCC1Oc2ccc([N+](=O)[O-])cc2N(CC(=O)Nc2nnc(COC)s2)C1=O. The van der Waals surface area contributed by atoms with E-state index in [4.69, 9.17) is 9.47 Å². The van der Waals surface area contributed by atoms with Gasteiger partial charge in [-0.15, -0.1) is 10.2 Å². The minimum atomic E-state index is -0.767. The molecule has 0 spiro atoms. The van der Waals surface area contributed by atoms with Gasteiger partial charge < -0.3 is 9.47 Å². The summed E-state index contributed by atoms with van der Waals surface area (Å²) in [6.45, 7) is 1.70. The summed E-state index contributed by atoms with van der Waals surface area (Å²) in [5.74, 6) is -0.645. The number of anilines is 2. The predicted molar refractivity (Wildman–Crippen MR) is 99.4 cm³/mol. The lowest BCUT2D eigenvalue weighted by Gasteiger charge is -2.33. The van der Waals surface area contributed by atoms with Crippen LogP contribution in [0.3, 0.4) is 0 Å². The van der Waals surface area contributed by atoms with E-state index in [1.807, 2.05) is 0 Å². The van der Waals surface area contributed by atoms with Gasteiger partial charge in [0.1, 0.15) is 23.9 Å². The molecule has 0 saturated heterocycles. The van der Waals surface area contributed by atoms with Gasteiger partial charge in [-0.3, -0.25) is 29.9 Å². The highest BCUT2D eigenvalue weighted by molar-refractivity contribution is 7.15. The second-order valence-electron chi connectivity index (χ2n) is 5.83. The van der Waals surface area contributed by atoms with E-state index in [0.717, 1.165) is 11.3 Å². The summed E-state index contributed by atoms with van der Waals surface area (Å²) in [6, 6.07) is 3.93. The molecule has 1 aromatic heterocycles. The number of nitro groups is 1. The van der Waals surface area contributed by atoms with E-state index in [-0.39, 0.29) is 29.7 Å². The molecule has 1 unspecified atom stereocenters. The lowest BCUT2D eigenvalue weighted by Crippen LogP contribution is -2.48. The van der Waals surface area contributed by atoms with E-state index in [1.165, 1.54) is 30.2 Å². The lowest BCUT2D eigenvalue weighted by atomic mass is 10.1. The zero-order chi connectivity index (χ0) is 20.3. The summed E-state index contributed by atoms with van der Waals surface area (Å²) in [7, 11) is 1.52. The van der Waals surface area contributed by atoms with Crippen molar-refractivity contribution in [3.05, 3.63) is 33.3 Å². The fourth-order valence-corrected chi connectivity index (χ4v) is 3.36. The Labute approximate surface area is 163 Å². The van der Waals surface area contributed by atoms with Crippen molar-refractivity contribution in [2.24, 2.45) is 0 Å². The first-order valence-corrected chi connectivity index (χ1v) is 9.12. The maximum absolute atomic E-state index is 12.7. The number of methoxy groups -OCH3 is 1.